The third kappa shape index (κ3) is 4.10. The smallest absolute Gasteiger partial charge is 0.335 e. The molecule has 2 N–H and O–H groups in total. The molecule has 154 valence electrons. The highest BCUT2D eigenvalue weighted by molar-refractivity contribution is 6.31. The maximum Gasteiger partial charge on any atom is 0.417 e. The molecule has 2 bridgehead atoms. The number of nitrogens with zero attached hydrogens (tertiary/aromatic N) is 1. The summed E-state index contributed by atoms with van der Waals surface area (Å²) in [5.74, 6) is 0. The van der Waals surface area contributed by atoms with Gasteiger partial charge in [-0.3, -0.25) is 4.90 Å². The van der Waals surface area contributed by atoms with Gasteiger partial charge in [-0.05, 0) is 56.7 Å². The number of carbonyl (C=O) groups is 1. The number of nitrogens with one attached hydrogen (secondary N) is 2. The molecule has 3 aliphatic rings. The second-order valence-corrected chi connectivity index (χ2v) is 8.64. The van der Waals surface area contributed by atoms with Crippen LogP contribution in [-0.2, 0) is 6.18 Å². The fourth-order valence-electron chi connectivity index (χ4n) is 5.30. The first-order valence-electron chi connectivity index (χ1n) is 10.0. The number of amides is 2. The van der Waals surface area contributed by atoms with E-state index in [9.17, 15) is 18.0 Å². The van der Waals surface area contributed by atoms with Crippen molar-refractivity contribution in [2.75, 3.05) is 5.32 Å². The van der Waals surface area contributed by atoms with Gasteiger partial charge in [0.15, 0.2) is 0 Å². The monoisotopic (exact) mass is 415 g/mol. The summed E-state index contributed by atoms with van der Waals surface area (Å²) in [6.45, 7) is 0. The molecule has 3 fully saturated rings. The number of hydrogen-bond acceptors (Lipinski definition) is 2. The Balaban J connectivity index is 1.35. The summed E-state index contributed by atoms with van der Waals surface area (Å²) in [6.07, 6.45) is 4.80. The van der Waals surface area contributed by atoms with E-state index in [1.165, 1.54) is 44.6 Å². The average molecular weight is 416 g/mol. The molecule has 8 heteroatoms. The van der Waals surface area contributed by atoms with Gasteiger partial charge in [-0.15, -0.1) is 0 Å². The van der Waals surface area contributed by atoms with Crippen molar-refractivity contribution in [1.82, 2.24) is 10.2 Å². The predicted octanol–water partition coefficient (Wildman–Crippen LogP) is 5.42. The van der Waals surface area contributed by atoms with Crippen molar-refractivity contribution in [1.29, 1.82) is 0 Å². The van der Waals surface area contributed by atoms with E-state index in [4.69, 9.17) is 11.6 Å². The van der Waals surface area contributed by atoms with Crippen LogP contribution in [0.25, 0.3) is 0 Å². The van der Waals surface area contributed by atoms with Crippen LogP contribution in [0.15, 0.2) is 18.2 Å². The van der Waals surface area contributed by atoms with Crippen LogP contribution < -0.4 is 10.6 Å². The van der Waals surface area contributed by atoms with Crippen molar-refractivity contribution >= 4 is 23.3 Å². The second kappa shape index (κ2) is 7.75. The number of alkyl halides is 3. The Bertz CT molecular complexity index is 722. The molecular formula is C20H25ClF3N3O. The van der Waals surface area contributed by atoms with E-state index in [0.29, 0.717) is 18.1 Å². The van der Waals surface area contributed by atoms with E-state index in [0.717, 1.165) is 25.0 Å². The highest BCUT2D eigenvalue weighted by atomic mass is 35.5. The second-order valence-electron chi connectivity index (χ2n) is 8.23. The van der Waals surface area contributed by atoms with Crippen LogP contribution in [-0.4, -0.2) is 35.1 Å². The molecule has 3 atom stereocenters. The minimum absolute atomic E-state index is 0.0598. The van der Waals surface area contributed by atoms with Crippen molar-refractivity contribution in [3.8, 4) is 0 Å². The number of rotatable bonds is 3. The lowest BCUT2D eigenvalue weighted by Gasteiger charge is -2.42. The fourth-order valence-corrected chi connectivity index (χ4v) is 5.53. The van der Waals surface area contributed by atoms with Crippen molar-refractivity contribution in [3.63, 3.8) is 0 Å². The van der Waals surface area contributed by atoms with Gasteiger partial charge in [0.25, 0.3) is 0 Å². The normalized spacial score (nSPS) is 28.5. The minimum Gasteiger partial charge on any atom is -0.335 e. The Hall–Kier alpha value is -1.47. The van der Waals surface area contributed by atoms with E-state index in [-0.39, 0.29) is 16.8 Å². The molecule has 0 radical (unpaired) electrons. The molecule has 1 unspecified atom stereocenters. The molecule has 2 heterocycles. The number of urea groups is 1. The Morgan fingerprint density at radius 3 is 2.29 bits per heavy atom. The summed E-state index contributed by atoms with van der Waals surface area (Å²) >= 11 is 5.63. The molecule has 2 aliphatic heterocycles. The lowest BCUT2D eigenvalue weighted by atomic mass is 9.95. The Labute approximate surface area is 167 Å². The molecule has 0 aromatic heterocycles. The topological polar surface area (TPSA) is 44.4 Å². The number of halogens is 4. The summed E-state index contributed by atoms with van der Waals surface area (Å²) in [5, 5.41) is 5.10. The molecule has 1 aromatic rings. The molecular weight excluding hydrogens is 391 g/mol. The summed E-state index contributed by atoms with van der Waals surface area (Å²) in [4.78, 5) is 15.0. The third-order valence-corrected chi connectivity index (χ3v) is 6.73. The highest BCUT2D eigenvalue weighted by Gasteiger charge is 2.44. The van der Waals surface area contributed by atoms with Crippen LogP contribution in [0.3, 0.4) is 0 Å². The largest absolute Gasteiger partial charge is 0.417 e. The number of piperidine rings is 1. The first-order valence-corrected chi connectivity index (χ1v) is 10.4. The van der Waals surface area contributed by atoms with Crippen LogP contribution in [0, 0.1) is 0 Å². The van der Waals surface area contributed by atoms with Gasteiger partial charge in [-0.1, -0.05) is 24.4 Å². The summed E-state index contributed by atoms with van der Waals surface area (Å²) in [6, 6.07) is 4.72. The first-order chi connectivity index (χ1) is 13.3. The summed E-state index contributed by atoms with van der Waals surface area (Å²) < 4.78 is 38.9. The van der Waals surface area contributed by atoms with Gasteiger partial charge >= 0.3 is 12.2 Å². The molecule has 1 aliphatic carbocycles. The number of benzene rings is 1. The minimum atomic E-state index is -4.56. The van der Waals surface area contributed by atoms with Gasteiger partial charge in [0, 0.05) is 29.9 Å². The molecule has 1 saturated carbocycles. The van der Waals surface area contributed by atoms with Gasteiger partial charge < -0.3 is 10.6 Å². The quantitative estimate of drug-likeness (QED) is 0.692. The van der Waals surface area contributed by atoms with E-state index in [1.807, 2.05) is 0 Å². The van der Waals surface area contributed by atoms with Gasteiger partial charge in [-0.25, -0.2) is 4.79 Å². The Morgan fingerprint density at radius 1 is 1.04 bits per heavy atom. The number of carbonyl (C=O) groups excluding carboxylic acids is 1. The predicted molar refractivity (Wildman–Crippen MR) is 103 cm³/mol. The van der Waals surface area contributed by atoms with Crippen LogP contribution in [0.1, 0.15) is 56.9 Å². The van der Waals surface area contributed by atoms with Crippen molar-refractivity contribution in [2.24, 2.45) is 0 Å². The van der Waals surface area contributed by atoms with Gasteiger partial charge in [-0.2, -0.15) is 13.2 Å². The van der Waals surface area contributed by atoms with E-state index >= 15 is 0 Å². The maximum absolute atomic E-state index is 13.0. The van der Waals surface area contributed by atoms with Crippen LogP contribution >= 0.6 is 11.6 Å². The Kier molecular flexibility index (Phi) is 5.49. The number of hydrogen-bond donors (Lipinski definition) is 2. The van der Waals surface area contributed by atoms with Gasteiger partial charge in [0.1, 0.15) is 0 Å². The van der Waals surface area contributed by atoms with E-state index in [2.05, 4.69) is 15.5 Å². The zero-order valence-electron chi connectivity index (χ0n) is 15.6. The van der Waals surface area contributed by atoms with Crippen molar-refractivity contribution in [2.45, 2.75) is 81.7 Å². The zero-order valence-corrected chi connectivity index (χ0v) is 16.3. The van der Waals surface area contributed by atoms with E-state index < -0.39 is 17.8 Å². The van der Waals surface area contributed by atoms with E-state index in [1.54, 1.807) is 0 Å². The number of fused-ring (bicyclic) bond motifs is 2. The SMILES string of the molecule is O=C(Nc1ccc(Cl)c(C(F)(F)F)c1)NC1C[C@H]2CC[C@@H](C1)N2C1CCCC1. The third-order valence-electron chi connectivity index (χ3n) is 6.40. The molecule has 28 heavy (non-hydrogen) atoms. The zero-order chi connectivity index (χ0) is 19.9. The standard InChI is InChI=1S/C20H25ClF3N3O/c21-18-8-5-12(11-17(18)20(22,23)24)25-19(28)26-13-9-15-6-7-16(10-13)27(15)14-3-1-2-4-14/h5,8,11,13-16H,1-4,6-7,9-10H2,(H2,25,26,28)/t13?,15-,16+. The van der Waals surface area contributed by atoms with Crippen LogP contribution in [0.2, 0.25) is 5.02 Å². The average Bonchev–Trinajstić information content (AvgIpc) is 3.21. The first kappa shape index (κ1) is 19.8. The molecule has 4 nitrogen and oxygen atoms in total. The lowest BCUT2D eigenvalue weighted by Crippen LogP contribution is -2.53. The number of anilines is 1. The lowest BCUT2D eigenvalue weighted by molar-refractivity contribution is -0.137. The molecule has 1 aromatic carbocycles. The fraction of sp³-hybridized carbons (Fsp3) is 0.650. The Morgan fingerprint density at radius 2 is 1.68 bits per heavy atom. The molecule has 2 saturated heterocycles. The maximum atomic E-state index is 13.0. The molecule has 0 spiro atoms. The van der Waals surface area contributed by atoms with Crippen molar-refractivity contribution < 1.29 is 18.0 Å². The van der Waals surface area contributed by atoms with Crippen LogP contribution in [0.5, 0.6) is 0 Å². The summed E-state index contributed by atoms with van der Waals surface area (Å²) in [5.41, 5.74) is -0.865. The van der Waals surface area contributed by atoms with Gasteiger partial charge in [0.05, 0.1) is 10.6 Å². The summed E-state index contributed by atoms with van der Waals surface area (Å²) in [7, 11) is 0. The molecule has 4 rings (SSSR count). The highest BCUT2D eigenvalue weighted by Crippen LogP contribution is 2.41. The van der Waals surface area contributed by atoms with Crippen molar-refractivity contribution in [3.05, 3.63) is 28.8 Å². The molecule has 2 amide bonds. The van der Waals surface area contributed by atoms with Gasteiger partial charge in [0.2, 0.25) is 0 Å². The van der Waals surface area contributed by atoms with Crippen LogP contribution in [0.4, 0.5) is 23.7 Å².